The zero-order valence-electron chi connectivity index (χ0n) is 19.4. The van der Waals surface area contributed by atoms with Crippen LogP contribution < -0.4 is 5.32 Å². The zero-order valence-corrected chi connectivity index (χ0v) is 20.2. The molecule has 5 heteroatoms. The molecule has 2 atom stereocenters. The molecular weight excluding hydrogens is 470 g/mol. The van der Waals surface area contributed by atoms with E-state index in [1.807, 2.05) is 97.1 Å². The lowest BCUT2D eigenvalue weighted by atomic mass is 9.73. The van der Waals surface area contributed by atoms with Gasteiger partial charge in [-0.25, -0.2) is 4.79 Å². The lowest BCUT2D eigenvalue weighted by molar-refractivity contribution is -0.145. The van der Waals surface area contributed by atoms with Crippen molar-refractivity contribution in [2.75, 3.05) is 0 Å². The van der Waals surface area contributed by atoms with Crippen LogP contribution in [-0.4, -0.2) is 17.4 Å². The van der Waals surface area contributed by atoms with E-state index >= 15 is 0 Å². The highest BCUT2D eigenvalue weighted by Gasteiger charge is 2.51. The van der Waals surface area contributed by atoms with E-state index in [-0.39, 0.29) is 6.42 Å². The van der Waals surface area contributed by atoms with Crippen LogP contribution in [0, 0.1) is 0 Å². The highest BCUT2D eigenvalue weighted by Crippen LogP contribution is 2.41. The lowest BCUT2D eigenvalue weighted by Gasteiger charge is -2.41. The molecule has 5 rings (SSSR count). The van der Waals surface area contributed by atoms with Crippen molar-refractivity contribution in [1.82, 2.24) is 5.32 Å². The van der Waals surface area contributed by atoms with Crippen molar-refractivity contribution in [2.45, 2.75) is 17.9 Å². The van der Waals surface area contributed by atoms with Gasteiger partial charge in [-0.1, -0.05) is 115 Å². The summed E-state index contributed by atoms with van der Waals surface area (Å²) in [7, 11) is 0. The molecule has 0 aliphatic carbocycles. The number of ether oxygens (including phenoxy) is 1. The second kappa shape index (κ2) is 10.2. The highest BCUT2D eigenvalue weighted by molar-refractivity contribution is 6.33. The molecule has 0 aromatic heterocycles. The maximum absolute atomic E-state index is 14.0. The largest absolute Gasteiger partial charge is 0.424 e. The first-order chi connectivity index (χ1) is 17.6. The minimum Gasteiger partial charge on any atom is -0.424 e. The van der Waals surface area contributed by atoms with Gasteiger partial charge in [0.05, 0.1) is 10.6 Å². The van der Waals surface area contributed by atoms with Crippen molar-refractivity contribution in [3.05, 3.63) is 149 Å². The fraction of sp³-hybridized carbons (Fsp3) is 0.0968. The van der Waals surface area contributed by atoms with Crippen LogP contribution in [0.5, 0.6) is 0 Å². The number of carbonyl (C=O) groups excluding carboxylic acids is 2. The Hall–Kier alpha value is -4.15. The third kappa shape index (κ3) is 4.68. The molecule has 1 aliphatic heterocycles. The molecule has 0 fully saturated rings. The lowest BCUT2D eigenvalue weighted by Crippen LogP contribution is -2.61. The summed E-state index contributed by atoms with van der Waals surface area (Å²) in [5.74, 6) is -1.00. The molecule has 178 valence electrons. The van der Waals surface area contributed by atoms with Crippen molar-refractivity contribution in [2.24, 2.45) is 0 Å². The van der Waals surface area contributed by atoms with Crippen LogP contribution in [0.4, 0.5) is 0 Å². The van der Waals surface area contributed by atoms with Gasteiger partial charge in [0.25, 0.3) is 5.91 Å². The van der Waals surface area contributed by atoms with E-state index in [1.165, 1.54) is 0 Å². The van der Waals surface area contributed by atoms with Crippen molar-refractivity contribution >= 4 is 29.2 Å². The molecule has 4 aromatic rings. The van der Waals surface area contributed by atoms with E-state index < -0.39 is 23.3 Å². The normalized spacial score (nSPS) is 19.2. The summed E-state index contributed by atoms with van der Waals surface area (Å²) in [6.45, 7) is 0. The van der Waals surface area contributed by atoms with Gasteiger partial charge in [-0.15, -0.1) is 0 Å². The fourth-order valence-electron chi connectivity index (χ4n) is 4.63. The maximum atomic E-state index is 14.0. The summed E-state index contributed by atoms with van der Waals surface area (Å²) < 4.78 is 5.95. The van der Waals surface area contributed by atoms with E-state index in [0.29, 0.717) is 16.3 Å². The quantitative estimate of drug-likeness (QED) is 0.315. The number of esters is 1. The number of hydrogen-bond acceptors (Lipinski definition) is 3. The zero-order chi connectivity index (χ0) is 25.0. The van der Waals surface area contributed by atoms with Crippen LogP contribution in [-0.2, 0) is 16.0 Å². The Morgan fingerprint density at radius 2 is 1.39 bits per heavy atom. The van der Waals surface area contributed by atoms with Gasteiger partial charge >= 0.3 is 5.97 Å². The Bertz CT molecular complexity index is 1400. The van der Waals surface area contributed by atoms with Crippen molar-refractivity contribution in [3.63, 3.8) is 0 Å². The smallest absolute Gasteiger partial charge is 0.338 e. The van der Waals surface area contributed by atoms with Gasteiger partial charge in [-0.3, -0.25) is 4.79 Å². The average molecular weight is 494 g/mol. The number of nitrogens with one attached hydrogen (secondary N) is 1. The minimum absolute atomic E-state index is 0.237. The van der Waals surface area contributed by atoms with Crippen LogP contribution in [0.25, 0.3) is 5.76 Å². The Morgan fingerprint density at radius 1 is 0.806 bits per heavy atom. The molecule has 0 spiro atoms. The first-order valence-corrected chi connectivity index (χ1v) is 12.1. The molecule has 1 heterocycles. The molecule has 1 amide bonds. The first kappa shape index (κ1) is 23.6. The van der Waals surface area contributed by atoms with Crippen LogP contribution >= 0.6 is 11.6 Å². The Morgan fingerprint density at radius 3 is 2.06 bits per heavy atom. The van der Waals surface area contributed by atoms with E-state index in [1.54, 1.807) is 24.3 Å². The van der Waals surface area contributed by atoms with Gasteiger partial charge < -0.3 is 10.1 Å². The third-order valence-corrected chi connectivity index (χ3v) is 6.74. The molecule has 0 saturated heterocycles. The maximum Gasteiger partial charge on any atom is 0.338 e. The van der Waals surface area contributed by atoms with Gasteiger partial charge in [0, 0.05) is 17.9 Å². The molecule has 0 bridgehead atoms. The van der Waals surface area contributed by atoms with Crippen LogP contribution in [0.3, 0.4) is 0 Å². The second-order valence-electron chi connectivity index (χ2n) is 8.74. The highest BCUT2D eigenvalue weighted by atomic mass is 35.5. The summed E-state index contributed by atoms with van der Waals surface area (Å²) in [5, 5.41) is 3.38. The summed E-state index contributed by atoms with van der Waals surface area (Å²) in [5.41, 5.74) is 1.46. The number of hydrogen-bond donors (Lipinski definition) is 1. The van der Waals surface area contributed by atoms with E-state index in [4.69, 9.17) is 16.3 Å². The molecule has 1 aliphatic rings. The summed E-state index contributed by atoms with van der Waals surface area (Å²) in [4.78, 5) is 27.6. The van der Waals surface area contributed by atoms with Gasteiger partial charge in [-0.2, -0.15) is 0 Å². The van der Waals surface area contributed by atoms with E-state index in [0.717, 1.165) is 16.7 Å². The summed E-state index contributed by atoms with van der Waals surface area (Å²) >= 11 is 6.35. The van der Waals surface area contributed by atoms with Crippen molar-refractivity contribution in [1.29, 1.82) is 0 Å². The predicted octanol–water partition coefficient (Wildman–Crippen LogP) is 6.43. The van der Waals surface area contributed by atoms with Crippen LogP contribution in [0.2, 0.25) is 5.02 Å². The van der Waals surface area contributed by atoms with Gasteiger partial charge in [0.2, 0.25) is 0 Å². The van der Waals surface area contributed by atoms with Crippen molar-refractivity contribution in [3.8, 4) is 0 Å². The van der Waals surface area contributed by atoms with Crippen LogP contribution in [0.15, 0.2) is 121 Å². The SMILES string of the molecule is O=C(N[C@]1(Cc2ccccc2)C(=O)OC(c2ccccc2)=C[C@@H]1c1ccccc1)c1ccccc1Cl. The molecule has 0 radical (unpaired) electrons. The van der Waals surface area contributed by atoms with Crippen LogP contribution in [0.1, 0.15) is 33.0 Å². The number of benzene rings is 4. The number of carbonyl (C=O) groups is 2. The van der Waals surface area contributed by atoms with E-state index in [2.05, 4.69) is 5.32 Å². The molecule has 4 aromatic carbocycles. The van der Waals surface area contributed by atoms with Gasteiger partial charge in [-0.05, 0) is 29.3 Å². The van der Waals surface area contributed by atoms with E-state index in [9.17, 15) is 9.59 Å². The van der Waals surface area contributed by atoms with Crippen molar-refractivity contribution < 1.29 is 14.3 Å². The molecule has 0 unspecified atom stereocenters. The summed E-state index contributed by atoms with van der Waals surface area (Å²) in [6, 6.07) is 35.6. The number of amides is 1. The summed E-state index contributed by atoms with van der Waals surface area (Å²) in [6.07, 6.45) is 2.17. The monoisotopic (exact) mass is 493 g/mol. The number of halogens is 1. The standard InChI is InChI=1S/C31H24ClNO3/c32-27-19-11-10-18-25(27)29(34)33-31(21-22-12-4-1-5-13-22)26(23-14-6-2-7-15-23)20-28(36-30(31)35)24-16-8-3-9-17-24/h1-20,26H,21H2,(H,33,34)/t26-,31+/m1/s1. The molecule has 36 heavy (non-hydrogen) atoms. The fourth-order valence-corrected chi connectivity index (χ4v) is 4.85. The minimum atomic E-state index is -1.41. The number of rotatable bonds is 6. The Labute approximate surface area is 215 Å². The first-order valence-electron chi connectivity index (χ1n) is 11.7. The molecule has 1 N–H and O–H groups in total. The Balaban J connectivity index is 1.68. The average Bonchev–Trinajstić information content (AvgIpc) is 2.92. The number of cyclic esters (lactones) is 1. The predicted molar refractivity (Wildman–Crippen MR) is 141 cm³/mol. The van der Waals surface area contributed by atoms with Gasteiger partial charge in [0.15, 0.2) is 5.54 Å². The topological polar surface area (TPSA) is 55.4 Å². The second-order valence-corrected chi connectivity index (χ2v) is 9.15. The molecule has 0 saturated carbocycles. The molecule has 4 nitrogen and oxygen atoms in total. The third-order valence-electron chi connectivity index (χ3n) is 6.41. The Kier molecular flexibility index (Phi) is 6.70. The molecular formula is C31H24ClNO3. The van der Waals surface area contributed by atoms with Gasteiger partial charge in [0.1, 0.15) is 5.76 Å².